The molecule has 4 heteroatoms. The van der Waals surface area contributed by atoms with Crippen LogP contribution in [0, 0.1) is 0 Å². The van der Waals surface area contributed by atoms with Gasteiger partial charge in [0.1, 0.15) is 5.82 Å². The Morgan fingerprint density at radius 1 is 1.56 bits per heavy atom. The van der Waals surface area contributed by atoms with Gasteiger partial charge in [-0.25, -0.2) is 4.98 Å². The van der Waals surface area contributed by atoms with E-state index in [1.165, 1.54) is 0 Å². The zero-order chi connectivity index (χ0) is 12.0. The van der Waals surface area contributed by atoms with Crippen LogP contribution in [-0.4, -0.2) is 29.8 Å². The van der Waals surface area contributed by atoms with Crippen molar-refractivity contribution in [1.82, 2.24) is 4.98 Å². The lowest BCUT2D eigenvalue weighted by Crippen LogP contribution is -2.25. The molecule has 0 saturated heterocycles. The van der Waals surface area contributed by atoms with Crippen LogP contribution in [0.2, 0.25) is 0 Å². The molecule has 0 saturated carbocycles. The van der Waals surface area contributed by atoms with Gasteiger partial charge >= 0.3 is 0 Å². The van der Waals surface area contributed by atoms with Crippen molar-refractivity contribution >= 4 is 5.82 Å². The van der Waals surface area contributed by atoms with E-state index in [0.29, 0.717) is 0 Å². The molecule has 0 unspecified atom stereocenters. The number of aliphatic hydroxyl groups is 1. The Hall–Kier alpha value is -1.13. The van der Waals surface area contributed by atoms with Gasteiger partial charge in [0.05, 0.1) is 0 Å². The van der Waals surface area contributed by atoms with Gasteiger partial charge in [-0.2, -0.15) is 0 Å². The Morgan fingerprint density at radius 2 is 2.31 bits per heavy atom. The second-order valence-corrected chi connectivity index (χ2v) is 3.89. The third-order valence-corrected chi connectivity index (χ3v) is 2.59. The van der Waals surface area contributed by atoms with Crippen LogP contribution < -0.4 is 10.6 Å². The molecule has 0 radical (unpaired) electrons. The first-order valence-corrected chi connectivity index (χ1v) is 5.76. The Bertz CT molecular complexity index is 315. The van der Waals surface area contributed by atoms with Crippen molar-refractivity contribution in [1.29, 1.82) is 0 Å². The van der Waals surface area contributed by atoms with Gasteiger partial charge in [-0.1, -0.05) is 0 Å². The zero-order valence-corrected chi connectivity index (χ0v) is 10.1. The summed E-state index contributed by atoms with van der Waals surface area (Å²) in [6.45, 7) is 5.96. The molecule has 0 aliphatic heterocycles. The highest BCUT2D eigenvalue weighted by molar-refractivity contribution is 5.41. The van der Waals surface area contributed by atoms with E-state index in [9.17, 15) is 0 Å². The Balaban J connectivity index is 2.79. The maximum Gasteiger partial charge on any atom is 0.128 e. The fourth-order valence-corrected chi connectivity index (χ4v) is 1.59. The lowest BCUT2D eigenvalue weighted by molar-refractivity contribution is 0.289. The lowest BCUT2D eigenvalue weighted by Gasteiger charge is -2.22. The average molecular weight is 223 g/mol. The van der Waals surface area contributed by atoms with Crippen LogP contribution in [0.25, 0.3) is 0 Å². The second kappa shape index (κ2) is 6.45. The minimum absolute atomic E-state index is 0.0262. The molecule has 1 rings (SSSR count). The highest BCUT2D eigenvalue weighted by Gasteiger charge is 2.07. The zero-order valence-electron chi connectivity index (χ0n) is 10.1. The highest BCUT2D eigenvalue weighted by Crippen LogP contribution is 2.16. The van der Waals surface area contributed by atoms with E-state index in [-0.39, 0.29) is 12.6 Å². The summed E-state index contributed by atoms with van der Waals surface area (Å²) in [7, 11) is 0. The number of nitrogens with two attached hydrogens (primary N) is 1. The maximum atomic E-state index is 8.83. The minimum atomic E-state index is 0.0262. The number of aromatic nitrogens is 1. The van der Waals surface area contributed by atoms with Gasteiger partial charge < -0.3 is 15.7 Å². The van der Waals surface area contributed by atoms with Gasteiger partial charge in [-0.05, 0) is 38.0 Å². The van der Waals surface area contributed by atoms with E-state index >= 15 is 0 Å². The van der Waals surface area contributed by atoms with Crippen molar-refractivity contribution in [3.63, 3.8) is 0 Å². The van der Waals surface area contributed by atoms with Gasteiger partial charge in [0.25, 0.3) is 0 Å². The van der Waals surface area contributed by atoms with Crippen LogP contribution in [0.1, 0.15) is 31.9 Å². The number of hydrogen-bond acceptors (Lipinski definition) is 4. The van der Waals surface area contributed by atoms with Crippen LogP contribution in [0.4, 0.5) is 5.82 Å². The molecule has 90 valence electrons. The van der Waals surface area contributed by atoms with Gasteiger partial charge in [0.2, 0.25) is 0 Å². The van der Waals surface area contributed by atoms with Crippen molar-refractivity contribution < 1.29 is 5.11 Å². The summed E-state index contributed by atoms with van der Waals surface area (Å²) >= 11 is 0. The van der Waals surface area contributed by atoms with Gasteiger partial charge in [-0.15, -0.1) is 0 Å². The number of nitrogens with zero attached hydrogens (tertiary/aromatic N) is 2. The molecule has 0 fully saturated rings. The van der Waals surface area contributed by atoms with E-state index in [2.05, 4.69) is 16.8 Å². The van der Waals surface area contributed by atoms with Gasteiger partial charge in [-0.3, -0.25) is 0 Å². The number of rotatable bonds is 6. The van der Waals surface area contributed by atoms with Gasteiger partial charge in [0, 0.05) is 31.9 Å². The summed E-state index contributed by atoms with van der Waals surface area (Å²) < 4.78 is 0. The summed E-state index contributed by atoms with van der Waals surface area (Å²) in [5, 5.41) is 8.83. The number of aliphatic hydroxyl groups excluding tert-OH is 1. The van der Waals surface area contributed by atoms with Crippen LogP contribution in [0.15, 0.2) is 18.3 Å². The monoisotopic (exact) mass is 223 g/mol. The molecule has 0 aliphatic rings. The predicted molar refractivity (Wildman–Crippen MR) is 66.4 cm³/mol. The van der Waals surface area contributed by atoms with E-state index in [1.54, 1.807) is 6.20 Å². The van der Waals surface area contributed by atoms with E-state index in [1.807, 2.05) is 19.1 Å². The molecule has 4 nitrogen and oxygen atoms in total. The van der Waals surface area contributed by atoms with Crippen molar-refractivity contribution in [2.75, 3.05) is 24.6 Å². The predicted octanol–water partition coefficient (Wildman–Crippen LogP) is 1.31. The first kappa shape index (κ1) is 12.9. The molecule has 0 spiro atoms. The van der Waals surface area contributed by atoms with Crippen molar-refractivity contribution in [3.8, 4) is 0 Å². The summed E-state index contributed by atoms with van der Waals surface area (Å²) in [5.74, 6) is 0.936. The molecular formula is C12H21N3O. The van der Waals surface area contributed by atoms with Crippen molar-refractivity contribution in [2.45, 2.75) is 26.3 Å². The normalized spacial score (nSPS) is 12.5. The molecule has 0 amide bonds. The average Bonchev–Trinajstić information content (AvgIpc) is 2.30. The number of anilines is 1. The Morgan fingerprint density at radius 3 is 2.88 bits per heavy atom. The third kappa shape index (κ3) is 3.47. The minimum Gasteiger partial charge on any atom is -0.396 e. The summed E-state index contributed by atoms with van der Waals surface area (Å²) in [6.07, 6.45) is 2.55. The molecule has 3 N–H and O–H groups in total. The summed E-state index contributed by atoms with van der Waals surface area (Å²) in [4.78, 5) is 6.48. The third-order valence-electron chi connectivity index (χ3n) is 2.59. The van der Waals surface area contributed by atoms with Crippen molar-refractivity contribution in [2.24, 2.45) is 5.73 Å². The van der Waals surface area contributed by atoms with Gasteiger partial charge in [0.15, 0.2) is 0 Å². The first-order chi connectivity index (χ1) is 7.69. The summed E-state index contributed by atoms with van der Waals surface area (Å²) in [6, 6.07) is 3.98. The number of hydrogen-bond donors (Lipinski definition) is 2. The lowest BCUT2D eigenvalue weighted by atomic mass is 10.1. The Kier molecular flexibility index (Phi) is 5.22. The molecule has 0 aromatic carbocycles. The Labute approximate surface area is 97.1 Å². The second-order valence-electron chi connectivity index (χ2n) is 3.89. The standard InChI is InChI=1S/C12H21N3O/c1-3-15(7-4-8-16)12-9-11(10(2)13)5-6-14-12/h5-6,9-10,16H,3-4,7-8,13H2,1-2H3/t10-/m1/s1. The molecule has 1 heterocycles. The summed E-state index contributed by atoms with van der Waals surface area (Å²) in [5.41, 5.74) is 6.93. The molecular weight excluding hydrogens is 202 g/mol. The maximum absolute atomic E-state index is 8.83. The topological polar surface area (TPSA) is 62.4 Å². The van der Waals surface area contributed by atoms with Crippen molar-refractivity contribution in [3.05, 3.63) is 23.9 Å². The molecule has 0 aliphatic carbocycles. The molecule has 1 atom stereocenters. The smallest absolute Gasteiger partial charge is 0.128 e. The van der Waals surface area contributed by atoms with Crippen LogP contribution in [0.3, 0.4) is 0 Å². The molecule has 16 heavy (non-hydrogen) atoms. The highest BCUT2D eigenvalue weighted by atomic mass is 16.3. The van der Waals surface area contributed by atoms with Crippen LogP contribution in [0.5, 0.6) is 0 Å². The fourth-order valence-electron chi connectivity index (χ4n) is 1.59. The molecule has 1 aromatic heterocycles. The van der Waals surface area contributed by atoms with E-state index in [4.69, 9.17) is 10.8 Å². The largest absolute Gasteiger partial charge is 0.396 e. The van der Waals surface area contributed by atoms with Crippen LogP contribution >= 0.6 is 0 Å². The van der Waals surface area contributed by atoms with Crippen LogP contribution in [-0.2, 0) is 0 Å². The molecule has 0 bridgehead atoms. The first-order valence-electron chi connectivity index (χ1n) is 5.76. The SMILES string of the molecule is CCN(CCCO)c1cc([C@@H](C)N)ccn1. The fraction of sp³-hybridized carbons (Fsp3) is 0.583. The van der Waals surface area contributed by atoms with E-state index in [0.717, 1.165) is 30.9 Å². The molecule has 1 aromatic rings. The van der Waals surface area contributed by atoms with E-state index < -0.39 is 0 Å². The quantitative estimate of drug-likeness (QED) is 0.763. The number of pyridine rings is 1.